The summed E-state index contributed by atoms with van der Waals surface area (Å²) in [6.07, 6.45) is 2.20. The first-order valence-electron chi connectivity index (χ1n) is 10.9. The summed E-state index contributed by atoms with van der Waals surface area (Å²) in [5.74, 6) is -1.27. The summed E-state index contributed by atoms with van der Waals surface area (Å²) in [5, 5.41) is 2.39. The van der Waals surface area contributed by atoms with Gasteiger partial charge >= 0.3 is 18.0 Å². The molecule has 2 rings (SSSR count). The average molecular weight is 509 g/mol. The molecular weight excluding hydrogens is 472 g/mol. The van der Waals surface area contributed by atoms with Crippen molar-refractivity contribution >= 4 is 42.3 Å². The fourth-order valence-corrected chi connectivity index (χ4v) is 3.57. The maximum atomic E-state index is 12.0. The zero-order valence-corrected chi connectivity index (χ0v) is 21.3. The summed E-state index contributed by atoms with van der Waals surface area (Å²) in [6, 6.07) is -0.964. The first kappa shape index (κ1) is 31.4. The van der Waals surface area contributed by atoms with Gasteiger partial charge in [0.25, 0.3) is 0 Å². The summed E-state index contributed by atoms with van der Waals surface area (Å²) in [6.45, 7) is 6.08. The van der Waals surface area contributed by atoms with Crippen molar-refractivity contribution in [1.82, 2.24) is 15.1 Å². The molecule has 0 aliphatic carbocycles. The van der Waals surface area contributed by atoms with Gasteiger partial charge in [-0.25, -0.2) is 14.4 Å². The molecule has 2 fully saturated rings. The van der Waals surface area contributed by atoms with Gasteiger partial charge in [-0.1, -0.05) is 0 Å². The number of carbonyl (C=O) groups is 5. The molecule has 12 nitrogen and oxygen atoms in total. The number of methoxy groups -OCH3 is 2. The van der Waals surface area contributed by atoms with Crippen molar-refractivity contribution < 1.29 is 38.2 Å². The molecule has 0 bridgehead atoms. The van der Waals surface area contributed by atoms with Crippen LogP contribution in [0, 0.1) is 0 Å². The Hall–Kier alpha value is -2.60. The fraction of sp³-hybridized carbons (Fsp3) is 0.762. The standard InChI is InChI=1S/C13H22N2O5.C8H14N2O3.ClH/c1-13(2,3)20-12(18)14-8-10(16)15-7-5-6-9(15)11(17)19-4;1-13-8(12)6-3-2-4-10(6)7(11)5-9;/h9H,5-8H2,1-4H3,(H,14,18);6H,2-5,9H2,1H3;1H/t9-;6-;/m00./s1. The van der Waals surface area contributed by atoms with E-state index in [1.54, 1.807) is 20.8 Å². The second kappa shape index (κ2) is 14.6. The minimum absolute atomic E-state index is 0. The smallest absolute Gasteiger partial charge is 0.408 e. The highest BCUT2D eigenvalue weighted by Crippen LogP contribution is 2.19. The number of nitrogens with two attached hydrogens (primary N) is 1. The fourth-order valence-electron chi connectivity index (χ4n) is 3.57. The van der Waals surface area contributed by atoms with Gasteiger partial charge in [0.15, 0.2) is 0 Å². The van der Waals surface area contributed by atoms with Gasteiger partial charge in [-0.15, -0.1) is 12.4 Å². The lowest BCUT2D eigenvalue weighted by Crippen LogP contribution is -2.46. The van der Waals surface area contributed by atoms with Crippen molar-refractivity contribution in [3.63, 3.8) is 0 Å². The van der Waals surface area contributed by atoms with Gasteiger partial charge in [-0.05, 0) is 46.5 Å². The molecule has 2 aliphatic rings. The van der Waals surface area contributed by atoms with E-state index in [9.17, 15) is 24.0 Å². The molecule has 2 atom stereocenters. The monoisotopic (exact) mass is 508 g/mol. The van der Waals surface area contributed by atoms with Crippen molar-refractivity contribution in [2.45, 2.75) is 64.1 Å². The van der Waals surface area contributed by atoms with E-state index in [2.05, 4.69) is 14.8 Å². The van der Waals surface area contributed by atoms with Crippen LogP contribution in [0.4, 0.5) is 4.79 Å². The molecule has 13 heteroatoms. The zero-order valence-electron chi connectivity index (χ0n) is 20.5. The molecule has 3 amide bonds. The zero-order chi connectivity index (χ0) is 25.2. The number of carbonyl (C=O) groups excluding carboxylic acids is 5. The predicted octanol–water partition coefficient (Wildman–Crippen LogP) is 0.206. The van der Waals surface area contributed by atoms with Gasteiger partial charge in [0, 0.05) is 13.1 Å². The van der Waals surface area contributed by atoms with Crippen LogP contribution in [0.2, 0.25) is 0 Å². The summed E-state index contributed by atoms with van der Waals surface area (Å²) in [5.41, 5.74) is 4.60. The van der Waals surface area contributed by atoms with Crippen molar-refractivity contribution in [3.8, 4) is 0 Å². The van der Waals surface area contributed by atoms with Crippen LogP contribution in [-0.2, 0) is 33.4 Å². The summed E-state index contributed by atoms with van der Waals surface area (Å²) < 4.78 is 14.3. The van der Waals surface area contributed by atoms with Gasteiger partial charge < -0.3 is 35.1 Å². The van der Waals surface area contributed by atoms with Gasteiger partial charge in [0.1, 0.15) is 24.2 Å². The lowest BCUT2D eigenvalue weighted by Gasteiger charge is -2.23. The number of hydrogen-bond acceptors (Lipinski definition) is 9. The highest BCUT2D eigenvalue weighted by atomic mass is 35.5. The van der Waals surface area contributed by atoms with Gasteiger partial charge in [-0.3, -0.25) is 9.59 Å². The van der Waals surface area contributed by atoms with E-state index in [1.807, 2.05) is 0 Å². The van der Waals surface area contributed by atoms with E-state index in [4.69, 9.17) is 10.5 Å². The quantitative estimate of drug-likeness (QED) is 0.391. The van der Waals surface area contributed by atoms with Crippen LogP contribution in [-0.4, -0.2) is 97.7 Å². The molecule has 0 spiro atoms. The number of esters is 2. The van der Waals surface area contributed by atoms with E-state index >= 15 is 0 Å². The highest BCUT2D eigenvalue weighted by Gasteiger charge is 2.35. The number of halogens is 1. The summed E-state index contributed by atoms with van der Waals surface area (Å²) >= 11 is 0. The molecule has 0 unspecified atom stereocenters. The topological polar surface area (TPSA) is 158 Å². The van der Waals surface area contributed by atoms with Crippen LogP contribution in [0.15, 0.2) is 0 Å². The maximum absolute atomic E-state index is 12.0. The number of ether oxygens (including phenoxy) is 3. The minimum atomic E-state index is -0.653. The molecule has 196 valence electrons. The largest absolute Gasteiger partial charge is 0.467 e. The second-order valence-electron chi connectivity index (χ2n) is 8.60. The number of hydrogen-bond donors (Lipinski definition) is 2. The van der Waals surface area contributed by atoms with Crippen LogP contribution in [0.1, 0.15) is 46.5 Å². The maximum Gasteiger partial charge on any atom is 0.408 e. The van der Waals surface area contributed by atoms with Crippen molar-refractivity contribution in [1.29, 1.82) is 0 Å². The molecule has 0 aromatic heterocycles. The molecule has 2 aliphatic heterocycles. The van der Waals surface area contributed by atoms with E-state index < -0.39 is 29.7 Å². The van der Waals surface area contributed by atoms with Crippen molar-refractivity contribution in [2.24, 2.45) is 5.73 Å². The first-order valence-corrected chi connectivity index (χ1v) is 10.9. The van der Waals surface area contributed by atoms with Gasteiger partial charge in [0.2, 0.25) is 11.8 Å². The summed E-state index contributed by atoms with van der Waals surface area (Å²) in [4.78, 5) is 60.3. The van der Waals surface area contributed by atoms with Crippen LogP contribution in [0.25, 0.3) is 0 Å². The summed E-state index contributed by atoms with van der Waals surface area (Å²) in [7, 11) is 2.62. The Morgan fingerprint density at radius 1 is 0.882 bits per heavy atom. The first-order chi connectivity index (χ1) is 15.4. The molecule has 2 saturated heterocycles. The van der Waals surface area contributed by atoms with Crippen molar-refractivity contribution in [2.75, 3.05) is 40.4 Å². The van der Waals surface area contributed by atoms with Crippen molar-refractivity contribution in [3.05, 3.63) is 0 Å². The predicted molar refractivity (Wildman–Crippen MR) is 124 cm³/mol. The van der Waals surface area contributed by atoms with Crippen LogP contribution in [0.3, 0.4) is 0 Å². The number of rotatable bonds is 5. The van der Waals surface area contributed by atoms with Crippen LogP contribution in [0.5, 0.6) is 0 Å². The minimum Gasteiger partial charge on any atom is -0.467 e. The van der Waals surface area contributed by atoms with E-state index in [0.29, 0.717) is 25.9 Å². The number of alkyl carbamates (subject to hydrolysis) is 1. The number of amides is 3. The van der Waals surface area contributed by atoms with E-state index in [-0.39, 0.29) is 43.3 Å². The molecule has 34 heavy (non-hydrogen) atoms. The Morgan fingerprint density at radius 3 is 1.71 bits per heavy atom. The van der Waals surface area contributed by atoms with Gasteiger partial charge in [-0.2, -0.15) is 0 Å². The molecule has 2 heterocycles. The number of nitrogens with one attached hydrogen (secondary N) is 1. The van der Waals surface area contributed by atoms with Crippen LogP contribution >= 0.6 is 12.4 Å². The molecule has 0 radical (unpaired) electrons. The third-order valence-electron chi connectivity index (χ3n) is 5.05. The Labute approximate surface area is 206 Å². The highest BCUT2D eigenvalue weighted by molar-refractivity contribution is 5.88. The third-order valence-corrected chi connectivity index (χ3v) is 5.05. The lowest BCUT2D eigenvalue weighted by molar-refractivity contribution is -0.150. The Bertz CT molecular complexity index is 706. The van der Waals surface area contributed by atoms with Gasteiger partial charge in [0.05, 0.1) is 20.8 Å². The normalized spacial score (nSPS) is 19.2. The van der Waals surface area contributed by atoms with E-state index in [0.717, 1.165) is 12.8 Å². The Morgan fingerprint density at radius 2 is 1.32 bits per heavy atom. The Balaban J connectivity index is 0.000000676. The average Bonchev–Trinajstić information content (AvgIpc) is 3.45. The lowest BCUT2D eigenvalue weighted by atomic mass is 10.2. The number of likely N-dealkylation sites (tertiary alicyclic amines) is 2. The van der Waals surface area contributed by atoms with E-state index in [1.165, 1.54) is 24.0 Å². The third kappa shape index (κ3) is 9.72. The Kier molecular flexibility index (Phi) is 13.5. The number of nitrogens with zero attached hydrogens (tertiary/aromatic N) is 2. The second-order valence-corrected chi connectivity index (χ2v) is 8.60. The molecule has 0 aromatic carbocycles. The molecule has 3 N–H and O–H groups in total. The van der Waals surface area contributed by atoms with Crippen LogP contribution < -0.4 is 11.1 Å². The molecule has 0 aromatic rings. The molecular formula is C21H37ClN4O8. The molecule has 0 saturated carbocycles. The SMILES string of the molecule is COC(=O)[C@@H]1CCCN1C(=O)CN.COC(=O)[C@@H]1CCCN1C(=O)CNC(=O)OC(C)(C)C.Cl.